The zero-order valence-electron chi connectivity index (χ0n) is 9.68. The van der Waals surface area contributed by atoms with Gasteiger partial charge in [0.15, 0.2) is 5.82 Å². The molecule has 19 heavy (non-hydrogen) atoms. The topological polar surface area (TPSA) is 52.4 Å². The van der Waals surface area contributed by atoms with Gasteiger partial charge in [0.05, 0.1) is 10.8 Å². The molecule has 0 heterocycles. The molecule has 0 aliphatic carbocycles. The Balaban J connectivity index is 2.46. The lowest BCUT2D eigenvalue weighted by molar-refractivity contribution is -0.385. The molecule has 0 saturated heterocycles. The molecule has 0 fully saturated rings. The molecule has 6 heteroatoms. The third-order valence-electron chi connectivity index (χ3n) is 2.47. The van der Waals surface area contributed by atoms with Crippen molar-refractivity contribution in [3.05, 3.63) is 64.0 Å². The van der Waals surface area contributed by atoms with Gasteiger partial charge in [0.25, 0.3) is 0 Å². The molecule has 0 radical (unpaired) electrons. The highest BCUT2D eigenvalue weighted by Crippen LogP contribution is 2.35. The van der Waals surface area contributed by atoms with Gasteiger partial charge in [-0.15, -0.1) is 11.6 Å². The first-order valence-electron chi connectivity index (χ1n) is 5.38. The summed E-state index contributed by atoms with van der Waals surface area (Å²) in [4.78, 5) is 10.2. The van der Waals surface area contributed by atoms with Crippen LogP contribution in [-0.2, 0) is 5.88 Å². The fourth-order valence-electron chi connectivity index (χ4n) is 1.57. The molecule has 0 aromatic heterocycles. The summed E-state index contributed by atoms with van der Waals surface area (Å²) in [6, 6.07) is 10.3. The van der Waals surface area contributed by atoms with Crippen molar-refractivity contribution >= 4 is 17.3 Å². The van der Waals surface area contributed by atoms with Crippen molar-refractivity contribution in [3.8, 4) is 11.5 Å². The average molecular weight is 282 g/mol. The Morgan fingerprint density at radius 1 is 1.21 bits per heavy atom. The van der Waals surface area contributed by atoms with E-state index in [1.807, 2.05) is 0 Å². The second kappa shape index (κ2) is 5.67. The second-order valence-corrected chi connectivity index (χ2v) is 3.96. The lowest BCUT2D eigenvalue weighted by atomic mass is 10.2. The van der Waals surface area contributed by atoms with E-state index >= 15 is 0 Å². The number of rotatable bonds is 4. The average Bonchev–Trinajstić information content (AvgIpc) is 2.41. The van der Waals surface area contributed by atoms with E-state index in [0.29, 0.717) is 11.3 Å². The Morgan fingerprint density at radius 3 is 2.63 bits per heavy atom. The predicted octanol–water partition coefficient (Wildman–Crippen LogP) is 4.27. The Morgan fingerprint density at radius 2 is 1.95 bits per heavy atom. The molecule has 4 nitrogen and oxygen atoms in total. The Kier molecular flexibility index (Phi) is 3.97. The summed E-state index contributed by atoms with van der Waals surface area (Å²) in [6.45, 7) is 0. The van der Waals surface area contributed by atoms with E-state index in [4.69, 9.17) is 16.3 Å². The monoisotopic (exact) mass is 281 g/mol. The van der Waals surface area contributed by atoms with Crippen molar-refractivity contribution in [2.45, 2.75) is 5.88 Å². The number of nitro groups is 1. The fraction of sp³-hybridized carbons (Fsp3) is 0.0769. The first-order valence-corrected chi connectivity index (χ1v) is 5.91. The largest absolute Gasteiger partial charge is 0.447 e. The number of para-hydroxylation sites is 2. The number of nitrogens with zero attached hydrogens (tertiary/aromatic N) is 1. The first-order chi connectivity index (χ1) is 9.13. The summed E-state index contributed by atoms with van der Waals surface area (Å²) in [7, 11) is 0. The number of alkyl halides is 1. The maximum atomic E-state index is 13.7. The molecule has 0 unspecified atom stereocenters. The molecule has 2 rings (SSSR count). The van der Waals surface area contributed by atoms with E-state index in [0.717, 1.165) is 6.07 Å². The normalized spacial score (nSPS) is 10.2. The van der Waals surface area contributed by atoms with Gasteiger partial charge in [-0.2, -0.15) is 0 Å². The van der Waals surface area contributed by atoms with Gasteiger partial charge in [0, 0.05) is 11.6 Å². The van der Waals surface area contributed by atoms with Crippen LogP contribution in [0.1, 0.15) is 5.56 Å². The minimum absolute atomic E-state index is 0.165. The Hall–Kier alpha value is -2.14. The predicted molar refractivity (Wildman–Crippen MR) is 69.1 cm³/mol. The third-order valence-corrected chi connectivity index (χ3v) is 2.76. The van der Waals surface area contributed by atoms with Crippen LogP contribution in [0.15, 0.2) is 42.5 Å². The summed E-state index contributed by atoms with van der Waals surface area (Å²) in [6.07, 6.45) is 0. The summed E-state index contributed by atoms with van der Waals surface area (Å²) in [5.41, 5.74) is 0.200. The first kappa shape index (κ1) is 13.3. The third kappa shape index (κ3) is 2.82. The summed E-state index contributed by atoms with van der Waals surface area (Å²) in [5.74, 6) is -0.743. The van der Waals surface area contributed by atoms with Gasteiger partial charge in [-0.1, -0.05) is 24.3 Å². The van der Waals surface area contributed by atoms with Crippen LogP contribution in [0.4, 0.5) is 10.1 Å². The minimum Gasteiger partial charge on any atom is -0.447 e. The van der Waals surface area contributed by atoms with Crippen LogP contribution in [0, 0.1) is 15.9 Å². The van der Waals surface area contributed by atoms with Crippen LogP contribution in [0.5, 0.6) is 11.5 Å². The van der Waals surface area contributed by atoms with Gasteiger partial charge in [0.1, 0.15) is 5.75 Å². The van der Waals surface area contributed by atoms with Crippen molar-refractivity contribution in [1.82, 2.24) is 0 Å². The zero-order valence-corrected chi connectivity index (χ0v) is 10.4. The lowest BCUT2D eigenvalue weighted by Crippen LogP contribution is -1.97. The van der Waals surface area contributed by atoms with Gasteiger partial charge in [0.2, 0.25) is 5.75 Å². The number of halogens is 2. The van der Waals surface area contributed by atoms with Crippen LogP contribution in [-0.4, -0.2) is 4.92 Å². The number of nitro benzene ring substituents is 1. The van der Waals surface area contributed by atoms with Crippen molar-refractivity contribution in [3.63, 3.8) is 0 Å². The molecule has 2 aromatic rings. The molecule has 98 valence electrons. The van der Waals surface area contributed by atoms with Crippen molar-refractivity contribution < 1.29 is 14.1 Å². The maximum absolute atomic E-state index is 13.7. The number of hydrogen-bond acceptors (Lipinski definition) is 3. The number of hydrogen-bond donors (Lipinski definition) is 0. The Bertz CT molecular complexity index is 619. The molecular formula is C13H9ClFNO3. The van der Waals surface area contributed by atoms with Crippen LogP contribution in [0.25, 0.3) is 0 Å². The SMILES string of the molecule is O=[N+]([O-])c1cccc(F)c1Oc1ccccc1CCl. The smallest absolute Gasteiger partial charge is 0.314 e. The molecular weight excluding hydrogens is 273 g/mol. The van der Waals surface area contributed by atoms with Crippen molar-refractivity contribution in [2.75, 3.05) is 0 Å². The van der Waals surface area contributed by atoms with Gasteiger partial charge < -0.3 is 4.74 Å². The fourth-order valence-corrected chi connectivity index (χ4v) is 1.79. The summed E-state index contributed by atoms with van der Waals surface area (Å²) >= 11 is 5.73. The van der Waals surface area contributed by atoms with Gasteiger partial charge in [-0.05, 0) is 12.1 Å². The van der Waals surface area contributed by atoms with Crippen molar-refractivity contribution in [2.24, 2.45) is 0 Å². The molecule has 0 saturated carbocycles. The molecule has 0 aliphatic rings. The minimum atomic E-state index is -0.793. The van der Waals surface area contributed by atoms with Crippen LogP contribution >= 0.6 is 11.6 Å². The lowest BCUT2D eigenvalue weighted by Gasteiger charge is -2.10. The van der Waals surface area contributed by atoms with Gasteiger partial charge >= 0.3 is 5.69 Å². The maximum Gasteiger partial charge on any atom is 0.314 e. The molecule has 0 atom stereocenters. The van der Waals surface area contributed by atoms with E-state index in [1.54, 1.807) is 24.3 Å². The van der Waals surface area contributed by atoms with Crippen LogP contribution < -0.4 is 4.74 Å². The van der Waals surface area contributed by atoms with E-state index in [2.05, 4.69) is 0 Å². The van der Waals surface area contributed by atoms with Crippen LogP contribution in [0.2, 0.25) is 0 Å². The zero-order chi connectivity index (χ0) is 13.8. The highest BCUT2D eigenvalue weighted by atomic mass is 35.5. The summed E-state index contributed by atoms with van der Waals surface area (Å²) < 4.78 is 19.0. The van der Waals surface area contributed by atoms with Crippen molar-refractivity contribution in [1.29, 1.82) is 0 Å². The standard InChI is InChI=1S/C13H9ClFNO3/c14-8-9-4-1-2-7-12(9)19-13-10(15)5-3-6-11(13)16(17)18/h1-7H,8H2. The van der Waals surface area contributed by atoms with Crippen LogP contribution in [0.3, 0.4) is 0 Å². The highest BCUT2D eigenvalue weighted by Gasteiger charge is 2.20. The molecule has 0 amide bonds. The Labute approximate surface area is 113 Å². The number of ether oxygens (including phenoxy) is 1. The highest BCUT2D eigenvalue weighted by molar-refractivity contribution is 6.17. The van der Waals surface area contributed by atoms with Gasteiger partial charge in [-0.3, -0.25) is 10.1 Å². The summed E-state index contributed by atoms with van der Waals surface area (Å²) in [5, 5.41) is 10.9. The van der Waals surface area contributed by atoms with E-state index in [-0.39, 0.29) is 5.88 Å². The second-order valence-electron chi connectivity index (χ2n) is 3.69. The van der Waals surface area contributed by atoms with Gasteiger partial charge in [-0.25, -0.2) is 4.39 Å². The molecule has 0 aliphatic heterocycles. The molecule has 0 spiro atoms. The number of benzene rings is 2. The van der Waals surface area contributed by atoms with E-state index in [1.165, 1.54) is 12.1 Å². The molecule has 0 N–H and O–H groups in total. The molecule has 2 aromatic carbocycles. The van der Waals surface area contributed by atoms with E-state index < -0.39 is 22.2 Å². The molecule has 0 bridgehead atoms. The quantitative estimate of drug-likeness (QED) is 0.478. The van der Waals surface area contributed by atoms with E-state index in [9.17, 15) is 14.5 Å².